The predicted octanol–water partition coefficient (Wildman–Crippen LogP) is 4.39. The molecule has 1 aromatic carbocycles. The van der Waals surface area contributed by atoms with E-state index >= 15 is 0 Å². The Morgan fingerprint density at radius 1 is 1.06 bits per heavy atom. The van der Waals surface area contributed by atoms with Gasteiger partial charge in [0.1, 0.15) is 18.0 Å². The van der Waals surface area contributed by atoms with Crippen LogP contribution in [0, 0.1) is 6.92 Å². The number of aryl methyl sites for hydroxylation is 1. The lowest BCUT2D eigenvalue weighted by atomic mass is 10.1. The number of fused-ring (bicyclic) bond motifs is 1. The number of carbonyl (C=O) groups is 1. The van der Waals surface area contributed by atoms with Gasteiger partial charge in [0.25, 0.3) is 0 Å². The second kappa shape index (κ2) is 7.78. The largest absolute Gasteiger partial charge is 0.405 e. The van der Waals surface area contributed by atoms with Crippen LogP contribution < -0.4 is 10.6 Å². The molecule has 3 aromatic heterocycles. The number of anilines is 1. The number of rotatable bonds is 4. The number of hydrogen-bond acceptors (Lipinski definition) is 3. The van der Waals surface area contributed by atoms with Crippen LogP contribution in [0.5, 0.6) is 0 Å². The van der Waals surface area contributed by atoms with E-state index in [9.17, 15) is 18.0 Å². The van der Waals surface area contributed by atoms with Crippen LogP contribution in [0.15, 0.2) is 55.0 Å². The highest BCUT2D eigenvalue weighted by molar-refractivity contribution is 5.90. The fraction of sp³-hybridized carbons (Fsp3) is 0.190. The molecule has 7 nitrogen and oxygen atoms in total. The zero-order chi connectivity index (χ0) is 22.2. The molecule has 2 N–H and O–H groups in total. The Balaban J connectivity index is 1.58. The van der Waals surface area contributed by atoms with E-state index in [1.807, 2.05) is 53.5 Å². The first-order valence-corrected chi connectivity index (χ1v) is 9.39. The Morgan fingerprint density at radius 3 is 2.52 bits per heavy atom. The van der Waals surface area contributed by atoms with Gasteiger partial charge >= 0.3 is 12.2 Å². The van der Waals surface area contributed by atoms with Gasteiger partial charge in [-0.25, -0.2) is 14.8 Å². The highest BCUT2D eigenvalue weighted by atomic mass is 19.4. The van der Waals surface area contributed by atoms with E-state index in [0.29, 0.717) is 5.69 Å². The zero-order valence-electron chi connectivity index (χ0n) is 16.7. The fourth-order valence-corrected chi connectivity index (χ4v) is 3.24. The van der Waals surface area contributed by atoms with Crippen molar-refractivity contribution in [1.29, 1.82) is 0 Å². The molecule has 0 bridgehead atoms. The first kappa shape index (κ1) is 20.5. The molecule has 160 valence electrons. The number of aromatic nitrogens is 4. The van der Waals surface area contributed by atoms with Crippen LogP contribution in [-0.2, 0) is 7.05 Å². The maximum absolute atomic E-state index is 12.3. The molecule has 0 radical (unpaired) electrons. The van der Waals surface area contributed by atoms with Crippen LogP contribution in [0.4, 0.5) is 23.7 Å². The van der Waals surface area contributed by atoms with Crippen molar-refractivity contribution in [2.75, 3.05) is 11.9 Å². The number of halogens is 3. The summed E-state index contributed by atoms with van der Waals surface area (Å²) in [6, 6.07) is 9.80. The highest BCUT2D eigenvalue weighted by Crippen LogP contribution is 2.27. The van der Waals surface area contributed by atoms with Crippen molar-refractivity contribution in [3.05, 3.63) is 60.8 Å². The molecule has 0 unspecified atom stereocenters. The molecule has 0 saturated carbocycles. The minimum absolute atomic E-state index is 0.370. The third-order valence-electron chi connectivity index (χ3n) is 4.90. The number of benzene rings is 1. The number of nitrogens with one attached hydrogen (secondary N) is 2. The van der Waals surface area contributed by atoms with Crippen LogP contribution in [0.2, 0.25) is 0 Å². The van der Waals surface area contributed by atoms with Crippen LogP contribution in [0.1, 0.15) is 5.82 Å². The van der Waals surface area contributed by atoms with Crippen molar-refractivity contribution in [3.8, 4) is 22.5 Å². The first-order valence-electron chi connectivity index (χ1n) is 9.39. The molecule has 0 saturated heterocycles. The van der Waals surface area contributed by atoms with Gasteiger partial charge in [-0.05, 0) is 31.2 Å². The van der Waals surface area contributed by atoms with E-state index in [-0.39, 0.29) is 0 Å². The normalized spacial score (nSPS) is 11.6. The molecule has 0 aliphatic rings. The molecule has 4 rings (SSSR count). The lowest BCUT2D eigenvalue weighted by molar-refractivity contribution is -0.122. The summed E-state index contributed by atoms with van der Waals surface area (Å²) < 4.78 is 40.7. The molecule has 31 heavy (non-hydrogen) atoms. The molecule has 4 aromatic rings. The molecular formula is C21H19F3N6O. The lowest BCUT2D eigenvalue weighted by Gasteiger charge is -2.11. The standard InChI is InChI=1S/C21H19F3N6O/c1-13-25-10-17(29(13)2)15-6-7-30-18(11-26-19(30)9-15)14-4-3-5-16(8-14)28-20(31)27-12-21(22,23)24/h3-11H,12H2,1-2H3,(H2,27,28,31). The predicted molar refractivity (Wildman–Crippen MR) is 111 cm³/mol. The van der Waals surface area contributed by atoms with Gasteiger partial charge in [-0.15, -0.1) is 0 Å². The Bertz CT molecular complexity index is 1260. The minimum atomic E-state index is -4.47. The van der Waals surface area contributed by atoms with Crippen molar-refractivity contribution < 1.29 is 18.0 Å². The van der Waals surface area contributed by atoms with Crippen LogP contribution in [0.25, 0.3) is 28.2 Å². The molecule has 0 aliphatic carbocycles. The van der Waals surface area contributed by atoms with Gasteiger partial charge < -0.3 is 15.2 Å². The molecule has 0 atom stereocenters. The molecule has 10 heteroatoms. The number of alkyl halides is 3. The van der Waals surface area contributed by atoms with Crippen LogP contribution >= 0.6 is 0 Å². The Labute approximate surface area is 175 Å². The molecule has 0 aliphatic heterocycles. The zero-order valence-corrected chi connectivity index (χ0v) is 16.7. The topological polar surface area (TPSA) is 76.2 Å². The van der Waals surface area contributed by atoms with Gasteiger partial charge in [0.2, 0.25) is 0 Å². The second-order valence-electron chi connectivity index (χ2n) is 7.04. The lowest BCUT2D eigenvalue weighted by Crippen LogP contribution is -2.36. The first-order chi connectivity index (χ1) is 14.7. The highest BCUT2D eigenvalue weighted by Gasteiger charge is 2.27. The number of hydrogen-bond donors (Lipinski definition) is 2. The second-order valence-corrected chi connectivity index (χ2v) is 7.04. The van der Waals surface area contributed by atoms with Crippen molar-refractivity contribution in [1.82, 2.24) is 24.3 Å². The molecule has 2 amide bonds. The Kier molecular flexibility index (Phi) is 5.14. The van der Waals surface area contributed by atoms with Crippen molar-refractivity contribution in [2.45, 2.75) is 13.1 Å². The number of carbonyl (C=O) groups excluding carboxylic acids is 1. The van der Waals surface area contributed by atoms with E-state index in [1.54, 1.807) is 29.7 Å². The van der Waals surface area contributed by atoms with Gasteiger partial charge in [0.05, 0.1) is 23.8 Å². The van der Waals surface area contributed by atoms with Gasteiger partial charge in [-0.3, -0.25) is 4.40 Å². The summed E-state index contributed by atoms with van der Waals surface area (Å²) in [6.07, 6.45) is 0.939. The molecule has 0 fully saturated rings. The smallest absolute Gasteiger partial charge is 0.331 e. The van der Waals surface area contributed by atoms with E-state index in [4.69, 9.17) is 0 Å². The monoisotopic (exact) mass is 428 g/mol. The van der Waals surface area contributed by atoms with Crippen LogP contribution in [-0.4, -0.2) is 37.7 Å². The summed E-state index contributed by atoms with van der Waals surface area (Å²) in [5.74, 6) is 0.905. The molecular weight excluding hydrogens is 409 g/mol. The van der Waals surface area contributed by atoms with Gasteiger partial charge in [0.15, 0.2) is 0 Å². The van der Waals surface area contributed by atoms with Crippen molar-refractivity contribution in [2.24, 2.45) is 7.05 Å². The van der Waals surface area contributed by atoms with E-state index in [1.165, 1.54) is 0 Å². The SMILES string of the molecule is Cc1ncc(-c2ccn3c(-c4cccc(NC(=O)NCC(F)(F)F)c4)cnc3c2)n1C. The molecule has 0 spiro atoms. The van der Waals surface area contributed by atoms with Crippen molar-refractivity contribution >= 4 is 17.4 Å². The quantitative estimate of drug-likeness (QED) is 0.506. The third-order valence-corrected chi connectivity index (χ3v) is 4.90. The van der Waals surface area contributed by atoms with Crippen LogP contribution in [0.3, 0.4) is 0 Å². The summed E-state index contributed by atoms with van der Waals surface area (Å²) in [5, 5.41) is 4.20. The Morgan fingerprint density at radius 2 is 1.81 bits per heavy atom. The summed E-state index contributed by atoms with van der Waals surface area (Å²) in [6.45, 7) is 0.532. The third kappa shape index (κ3) is 4.37. The summed E-state index contributed by atoms with van der Waals surface area (Å²) in [5.41, 5.74) is 4.58. The summed E-state index contributed by atoms with van der Waals surface area (Å²) in [7, 11) is 1.95. The van der Waals surface area contributed by atoms with E-state index in [0.717, 1.165) is 34.0 Å². The van der Waals surface area contributed by atoms with E-state index < -0.39 is 18.8 Å². The van der Waals surface area contributed by atoms with Gasteiger partial charge in [-0.1, -0.05) is 12.1 Å². The number of nitrogens with zero attached hydrogens (tertiary/aromatic N) is 4. The fourth-order valence-electron chi connectivity index (χ4n) is 3.24. The average Bonchev–Trinajstić information content (AvgIpc) is 3.29. The van der Waals surface area contributed by atoms with Gasteiger partial charge in [0, 0.05) is 30.1 Å². The number of imidazole rings is 2. The summed E-state index contributed by atoms with van der Waals surface area (Å²) in [4.78, 5) is 20.5. The maximum Gasteiger partial charge on any atom is 0.405 e. The van der Waals surface area contributed by atoms with Gasteiger partial charge in [-0.2, -0.15) is 13.2 Å². The summed E-state index contributed by atoms with van der Waals surface area (Å²) >= 11 is 0. The number of urea groups is 1. The average molecular weight is 428 g/mol. The number of amides is 2. The van der Waals surface area contributed by atoms with Crippen molar-refractivity contribution in [3.63, 3.8) is 0 Å². The molecule has 3 heterocycles. The number of pyridine rings is 1. The minimum Gasteiger partial charge on any atom is -0.331 e. The Hall–Kier alpha value is -3.82. The maximum atomic E-state index is 12.3. The van der Waals surface area contributed by atoms with E-state index in [2.05, 4.69) is 15.3 Å².